The summed E-state index contributed by atoms with van der Waals surface area (Å²) in [5, 5.41) is 7.11. The Morgan fingerprint density at radius 2 is 2.18 bits per heavy atom. The average molecular weight is 402 g/mol. The predicted octanol–water partition coefficient (Wildman–Crippen LogP) is 4.59. The van der Waals surface area contributed by atoms with Gasteiger partial charge in [-0.3, -0.25) is 10.2 Å². The lowest BCUT2D eigenvalue weighted by Gasteiger charge is -2.11. The number of hydrogen-bond acceptors (Lipinski definition) is 7. The van der Waals surface area contributed by atoms with E-state index in [0.29, 0.717) is 32.0 Å². The lowest BCUT2D eigenvalue weighted by molar-refractivity contribution is -0.146. The number of aromatic nitrogens is 1. The van der Waals surface area contributed by atoms with E-state index < -0.39 is 0 Å². The van der Waals surface area contributed by atoms with Crippen LogP contribution in [0.2, 0.25) is 0 Å². The van der Waals surface area contributed by atoms with Gasteiger partial charge in [0.25, 0.3) is 0 Å². The number of esters is 1. The van der Waals surface area contributed by atoms with Crippen LogP contribution < -0.4 is 5.43 Å². The summed E-state index contributed by atoms with van der Waals surface area (Å²) in [4.78, 5) is 16.6. The van der Waals surface area contributed by atoms with E-state index in [2.05, 4.69) is 29.4 Å². The van der Waals surface area contributed by atoms with E-state index in [0.717, 1.165) is 22.1 Å². The summed E-state index contributed by atoms with van der Waals surface area (Å²) >= 11 is 1.50. The summed E-state index contributed by atoms with van der Waals surface area (Å²) < 4.78 is 11.0. The van der Waals surface area contributed by atoms with Crippen LogP contribution in [0.15, 0.2) is 40.8 Å². The summed E-state index contributed by atoms with van der Waals surface area (Å²) in [7, 11) is 0. The van der Waals surface area contributed by atoms with Crippen molar-refractivity contribution in [2.45, 2.75) is 39.7 Å². The fourth-order valence-corrected chi connectivity index (χ4v) is 3.70. The highest BCUT2D eigenvalue weighted by Gasteiger charge is 2.34. The number of hydrazone groups is 1. The fourth-order valence-electron chi connectivity index (χ4n) is 3.04. The molecule has 6 nitrogen and oxygen atoms in total. The first-order chi connectivity index (χ1) is 13.5. The number of hydrogen-bond donors (Lipinski definition) is 1. The Kier molecular flexibility index (Phi) is 7.17. The van der Waals surface area contributed by atoms with Gasteiger partial charge in [0, 0.05) is 36.1 Å². The second-order valence-electron chi connectivity index (χ2n) is 7.49. The minimum Gasteiger partial charge on any atom is -0.460 e. The summed E-state index contributed by atoms with van der Waals surface area (Å²) in [6, 6.07) is 10.0. The highest BCUT2D eigenvalue weighted by Crippen LogP contribution is 2.26. The molecule has 2 aromatic rings. The summed E-state index contributed by atoms with van der Waals surface area (Å²) in [5.41, 5.74) is 5.85. The molecule has 0 spiro atoms. The minimum atomic E-state index is -0.159. The van der Waals surface area contributed by atoms with E-state index >= 15 is 0 Å². The number of rotatable bonds is 9. The lowest BCUT2D eigenvalue weighted by atomic mass is 9.99. The molecule has 1 aliphatic rings. The molecular weight excluding hydrogens is 374 g/mol. The van der Waals surface area contributed by atoms with Gasteiger partial charge in [-0.25, -0.2) is 4.98 Å². The third kappa shape index (κ3) is 5.87. The first-order valence-electron chi connectivity index (χ1n) is 9.59. The van der Waals surface area contributed by atoms with E-state index in [1.807, 2.05) is 42.6 Å². The standard InChI is InChI=1S/C21H27N3O3S/c1-14(2)11-26-12-18-10-17(20(25)27-18)9-15(3)23-24-21-22-19(13-28-21)16-7-5-4-6-8-16/h4-8,13-14,17-18H,9-12H2,1-3H3,(H,22,24)/b23-15-/t17-,18+/m0/s1. The van der Waals surface area contributed by atoms with Crippen molar-refractivity contribution < 1.29 is 14.3 Å². The average Bonchev–Trinajstić information content (AvgIpc) is 3.28. The molecule has 1 aliphatic heterocycles. The number of cyclic esters (lactones) is 1. The number of carbonyl (C=O) groups excluding carboxylic acids is 1. The first-order valence-corrected chi connectivity index (χ1v) is 10.5. The molecule has 7 heteroatoms. The van der Waals surface area contributed by atoms with Gasteiger partial charge in [0.1, 0.15) is 6.10 Å². The van der Waals surface area contributed by atoms with E-state index in [9.17, 15) is 4.79 Å². The zero-order chi connectivity index (χ0) is 19.9. The van der Waals surface area contributed by atoms with Gasteiger partial charge >= 0.3 is 5.97 Å². The smallest absolute Gasteiger partial charge is 0.309 e. The Balaban J connectivity index is 1.48. The summed E-state index contributed by atoms with van der Waals surface area (Å²) in [6.07, 6.45) is 1.10. The van der Waals surface area contributed by atoms with Crippen LogP contribution in [-0.2, 0) is 14.3 Å². The molecule has 0 bridgehead atoms. The number of nitrogens with one attached hydrogen (secondary N) is 1. The molecule has 1 aromatic carbocycles. The van der Waals surface area contributed by atoms with E-state index in [1.54, 1.807) is 0 Å². The first kappa shape index (κ1) is 20.5. The van der Waals surface area contributed by atoms with Crippen LogP contribution >= 0.6 is 11.3 Å². The Labute approximate surface area is 170 Å². The van der Waals surface area contributed by atoms with E-state index in [4.69, 9.17) is 9.47 Å². The Bertz CT molecular complexity index is 804. The van der Waals surface area contributed by atoms with Crippen molar-refractivity contribution in [1.29, 1.82) is 0 Å². The van der Waals surface area contributed by atoms with Crippen molar-refractivity contribution in [1.82, 2.24) is 4.98 Å². The van der Waals surface area contributed by atoms with Gasteiger partial charge in [0.15, 0.2) is 0 Å². The lowest BCUT2D eigenvalue weighted by Crippen LogP contribution is -2.17. The topological polar surface area (TPSA) is 72.8 Å². The van der Waals surface area contributed by atoms with Gasteiger partial charge in [-0.1, -0.05) is 44.2 Å². The van der Waals surface area contributed by atoms with Crippen LogP contribution in [0, 0.1) is 11.8 Å². The maximum atomic E-state index is 12.1. The van der Waals surface area contributed by atoms with E-state index in [1.165, 1.54) is 11.3 Å². The molecular formula is C21H27N3O3S. The van der Waals surface area contributed by atoms with E-state index in [-0.39, 0.29) is 18.0 Å². The van der Waals surface area contributed by atoms with Crippen molar-refractivity contribution in [2.24, 2.45) is 16.9 Å². The van der Waals surface area contributed by atoms with Gasteiger partial charge in [-0.2, -0.15) is 5.10 Å². The molecule has 1 N–H and O–H groups in total. The van der Waals surface area contributed by atoms with Crippen molar-refractivity contribution in [2.75, 3.05) is 18.6 Å². The molecule has 0 radical (unpaired) electrons. The van der Waals surface area contributed by atoms with Gasteiger partial charge < -0.3 is 9.47 Å². The van der Waals surface area contributed by atoms with Gasteiger partial charge in [0.2, 0.25) is 5.13 Å². The van der Waals surface area contributed by atoms with Crippen molar-refractivity contribution in [3.63, 3.8) is 0 Å². The minimum absolute atomic E-state index is 0.149. The molecule has 1 saturated heterocycles. The zero-order valence-corrected chi connectivity index (χ0v) is 17.4. The Hall–Kier alpha value is -2.25. The molecule has 28 heavy (non-hydrogen) atoms. The molecule has 150 valence electrons. The van der Waals surface area contributed by atoms with Crippen LogP contribution in [-0.4, -0.2) is 36.0 Å². The van der Waals surface area contributed by atoms with Crippen molar-refractivity contribution >= 4 is 28.1 Å². The fraction of sp³-hybridized carbons (Fsp3) is 0.476. The number of benzene rings is 1. The molecule has 1 fully saturated rings. The molecule has 3 rings (SSSR count). The third-order valence-corrected chi connectivity index (χ3v) is 5.12. The molecule has 2 heterocycles. The summed E-state index contributed by atoms with van der Waals surface area (Å²) in [6.45, 7) is 7.26. The normalized spacial score (nSPS) is 19.9. The number of nitrogens with zero attached hydrogens (tertiary/aromatic N) is 2. The maximum Gasteiger partial charge on any atom is 0.309 e. The molecule has 0 aliphatic carbocycles. The number of ether oxygens (including phenoxy) is 2. The third-order valence-electron chi connectivity index (χ3n) is 4.38. The molecule has 2 atom stereocenters. The highest BCUT2D eigenvalue weighted by molar-refractivity contribution is 7.14. The Morgan fingerprint density at radius 3 is 2.93 bits per heavy atom. The summed E-state index contributed by atoms with van der Waals surface area (Å²) in [5.74, 6) is 0.157. The van der Waals surface area contributed by atoms with Crippen LogP contribution in [0.25, 0.3) is 11.3 Å². The van der Waals surface area contributed by atoms with Crippen LogP contribution in [0.4, 0.5) is 5.13 Å². The molecule has 0 saturated carbocycles. The Morgan fingerprint density at radius 1 is 1.39 bits per heavy atom. The quantitative estimate of drug-likeness (QED) is 0.378. The SMILES string of the molecule is C/C(C[C@H]1C[C@H](COCC(C)C)OC1=O)=N/Nc1nc(-c2ccccc2)cs1. The van der Waals surface area contributed by atoms with Gasteiger partial charge in [0.05, 0.1) is 18.2 Å². The van der Waals surface area contributed by atoms with Crippen molar-refractivity contribution in [3.05, 3.63) is 35.7 Å². The number of thiazole rings is 1. The highest BCUT2D eigenvalue weighted by atomic mass is 32.1. The zero-order valence-electron chi connectivity index (χ0n) is 16.6. The van der Waals surface area contributed by atoms with Gasteiger partial charge in [-0.05, 0) is 12.8 Å². The molecule has 1 aromatic heterocycles. The molecule has 0 unspecified atom stereocenters. The second kappa shape index (κ2) is 9.80. The van der Waals surface area contributed by atoms with Crippen LogP contribution in [0.1, 0.15) is 33.6 Å². The van der Waals surface area contributed by atoms with Crippen LogP contribution in [0.3, 0.4) is 0 Å². The van der Waals surface area contributed by atoms with Crippen LogP contribution in [0.5, 0.6) is 0 Å². The van der Waals surface area contributed by atoms with Crippen molar-refractivity contribution in [3.8, 4) is 11.3 Å². The number of carbonyl (C=O) groups is 1. The maximum absolute atomic E-state index is 12.1. The van der Waals surface area contributed by atoms with Gasteiger partial charge in [-0.15, -0.1) is 11.3 Å². The molecule has 0 amide bonds. The monoisotopic (exact) mass is 401 g/mol. The largest absolute Gasteiger partial charge is 0.460 e. The predicted molar refractivity (Wildman–Crippen MR) is 113 cm³/mol. The second-order valence-corrected chi connectivity index (χ2v) is 8.35. The number of anilines is 1.